The first-order valence-corrected chi connectivity index (χ1v) is 5.60. The third kappa shape index (κ3) is 2.60. The Kier molecular flexibility index (Phi) is 3.36. The molecule has 0 bridgehead atoms. The van der Waals surface area contributed by atoms with Crippen molar-refractivity contribution in [2.24, 2.45) is 5.73 Å². The largest absolute Gasteiger partial charge is 0.366 e. The Morgan fingerprint density at radius 2 is 1.82 bits per heavy atom. The monoisotopic (exact) mass is 264 g/mol. The molecule has 2 aromatic carbocycles. The highest BCUT2D eigenvalue weighted by Crippen LogP contribution is 2.27. The first kappa shape index (κ1) is 12.0. The van der Waals surface area contributed by atoms with Crippen molar-refractivity contribution in [2.45, 2.75) is 0 Å². The van der Waals surface area contributed by atoms with Gasteiger partial charge in [-0.15, -0.1) is 0 Å². The molecule has 0 spiro atoms. The lowest BCUT2D eigenvalue weighted by Gasteiger charge is -2.07. The van der Waals surface area contributed by atoms with E-state index in [1.165, 1.54) is 6.07 Å². The summed E-state index contributed by atoms with van der Waals surface area (Å²) in [6, 6.07) is 13.0. The van der Waals surface area contributed by atoms with Gasteiger partial charge in [0.2, 0.25) is 5.91 Å². The van der Waals surface area contributed by atoms with Crippen LogP contribution in [0.4, 0.5) is 0 Å². The van der Waals surface area contributed by atoms with Crippen molar-refractivity contribution in [3.05, 3.63) is 58.1 Å². The number of rotatable bonds is 2. The fraction of sp³-hybridized carbons (Fsp3) is 0. The van der Waals surface area contributed by atoms with Gasteiger partial charge in [-0.05, 0) is 35.4 Å². The number of carbonyl (C=O) groups is 1. The molecule has 0 fully saturated rings. The lowest BCUT2D eigenvalue weighted by Crippen LogP contribution is -2.12. The molecule has 0 aliphatic heterocycles. The van der Waals surface area contributed by atoms with Crippen LogP contribution in [0.15, 0.2) is 36.4 Å². The van der Waals surface area contributed by atoms with E-state index in [-0.39, 0.29) is 0 Å². The minimum atomic E-state index is -0.511. The molecule has 0 unspecified atom stereocenters. The third-order valence-electron chi connectivity index (χ3n) is 2.34. The molecular weight excluding hydrogens is 257 g/mol. The lowest BCUT2D eigenvalue weighted by atomic mass is 9.99. The van der Waals surface area contributed by atoms with Crippen molar-refractivity contribution in [2.75, 3.05) is 0 Å². The van der Waals surface area contributed by atoms with Gasteiger partial charge in [0.1, 0.15) is 0 Å². The average Bonchev–Trinajstić information content (AvgIpc) is 2.29. The van der Waals surface area contributed by atoms with Gasteiger partial charge in [0.15, 0.2) is 0 Å². The second-order valence-electron chi connectivity index (χ2n) is 3.48. The van der Waals surface area contributed by atoms with Crippen molar-refractivity contribution in [1.82, 2.24) is 0 Å². The van der Waals surface area contributed by atoms with Crippen LogP contribution >= 0.6 is 23.2 Å². The number of amides is 1. The maximum atomic E-state index is 11.3. The summed E-state index contributed by atoms with van der Waals surface area (Å²) >= 11 is 11.7. The molecule has 1 amide bonds. The molecule has 2 N–H and O–H groups in total. The molecule has 2 aromatic rings. The zero-order chi connectivity index (χ0) is 12.4. The first-order chi connectivity index (χ1) is 8.08. The number of carbonyl (C=O) groups excluding carboxylic acids is 1. The van der Waals surface area contributed by atoms with Crippen molar-refractivity contribution < 1.29 is 4.79 Å². The minimum Gasteiger partial charge on any atom is -0.366 e. The summed E-state index contributed by atoms with van der Waals surface area (Å²) in [6.07, 6.45) is 0. The molecule has 17 heavy (non-hydrogen) atoms. The lowest BCUT2D eigenvalue weighted by molar-refractivity contribution is 0.100. The zero-order valence-corrected chi connectivity index (χ0v) is 10.2. The maximum absolute atomic E-state index is 11.3. The number of halogens is 2. The van der Waals surface area contributed by atoms with Crippen LogP contribution in [0.5, 0.6) is 0 Å². The Bertz CT molecular complexity index is 564. The van der Waals surface area contributed by atoms with Crippen molar-refractivity contribution in [1.29, 1.82) is 0 Å². The number of nitrogens with two attached hydrogens (primary N) is 1. The van der Waals surface area contributed by atoms with Crippen LogP contribution in [0, 0.1) is 6.07 Å². The van der Waals surface area contributed by atoms with E-state index in [2.05, 4.69) is 6.07 Å². The van der Waals surface area contributed by atoms with Gasteiger partial charge in [-0.25, -0.2) is 0 Å². The van der Waals surface area contributed by atoms with Gasteiger partial charge in [-0.2, -0.15) is 0 Å². The first-order valence-electron chi connectivity index (χ1n) is 4.85. The van der Waals surface area contributed by atoms with Gasteiger partial charge in [-0.1, -0.05) is 35.3 Å². The third-order valence-corrected chi connectivity index (χ3v) is 2.81. The van der Waals surface area contributed by atoms with Crippen molar-refractivity contribution in [3.8, 4) is 11.1 Å². The van der Waals surface area contributed by atoms with E-state index in [0.29, 0.717) is 21.2 Å². The molecule has 0 aliphatic rings. The van der Waals surface area contributed by atoms with Crippen molar-refractivity contribution >= 4 is 29.1 Å². The zero-order valence-electron chi connectivity index (χ0n) is 8.71. The Morgan fingerprint density at radius 1 is 1.18 bits per heavy atom. The van der Waals surface area contributed by atoms with E-state index in [4.69, 9.17) is 28.9 Å². The maximum Gasteiger partial charge on any atom is 0.249 e. The molecule has 2 rings (SSSR count). The fourth-order valence-electron chi connectivity index (χ4n) is 1.54. The Labute approximate surface area is 109 Å². The summed E-state index contributed by atoms with van der Waals surface area (Å²) in [4.78, 5) is 11.3. The van der Waals surface area contributed by atoms with Crippen LogP contribution in [0.1, 0.15) is 10.4 Å². The molecule has 0 aliphatic carbocycles. The van der Waals surface area contributed by atoms with Gasteiger partial charge in [0.25, 0.3) is 0 Å². The summed E-state index contributed by atoms with van der Waals surface area (Å²) in [5, 5.41) is 1.06. The van der Waals surface area contributed by atoms with E-state index in [0.717, 1.165) is 5.56 Å². The Morgan fingerprint density at radius 3 is 2.41 bits per heavy atom. The normalized spacial score (nSPS) is 10.2. The number of primary amides is 1. The quantitative estimate of drug-likeness (QED) is 0.886. The number of hydrogen-bond acceptors (Lipinski definition) is 1. The molecule has 4 heteroatoms. The molecule has 0 saturated carbocycles. The molecule has 0 aromatic heterocycles. The van der Waals surface area contributed by atoms with Crippen LogP contribution in [-0.2, 0) is 0 Å². The highest BCUT2D eigenvalue weighted by atomic mass is 35.5. The summed E-state index contributed by atoms with van der Waals surface area (Å²) < 4.78 is 0. The van der Waals surface area contributed by atoms with E-state index in [1.807, 2.05) is 0 Å². The minimum absolute atomic E-state index is 0.386. The van der Waals surface area contributed by atoms with Crippen LogP contribution in [0.25, 0.3) is 11.1 Å². The van der Waals surface area contributed by atoms with Gasteiger partial charge in [-0.3, -0.25) is 4.79 Å². The predicted molar refractivity (Wildman–Crippen MR) is 69.3 cm³/mol. The van der Waals surface area contributed by atoms with E-state index < -0.39 is 5.91 Å². The smallest absolute Gasteiger partial charge is 0.249 e. The van der Waals surface area contributed by atoms with E-state index in [1.54, 1.807) is 30.3 Å². The predicted octanol–water partition coefficient (Wildman–Crippen LogP) is 3.56. The second kappa shape index (κ2) is 4.78. The molecule has 85 valence electrons. The number of benzene rings is 2. The van der Waals surface area contributed by atoms with Gasteiger partial charge < -0.3 is 5.73 Å². The molecule has 0 atom stereocenters. The van der Waals surface area contributed by atoms with Crippen LogP contribution in [-0.4, -0.2) is 5.91 Å². The van der Waals surface area contributed by atoms with E-state index in [9.17, 15) is 4.79 Å². The van der Waals surface area contributed by atoms with Gasteiger partial charge in [0.05, 0.1) is 0 Å². The SMILES string of the molecule is NC(=O)c1c[c]c(Cl)cc1-c1ccc(Cl)cc1. The van der Waals surface area contributed by atoms with Crippen LogP contribution in [0.2, 0.25) is 10.0 Å². The topological polar surface area (TPSA) is 43.1 Å². The Hall–Kier alpha value is -1.51. The van der Waals surface area contributed by atoms with Crippen LogP contribution < -0.4 is 5.73 Å². The highest BCUT2D eigenvalue weighted by molar-refractivity contribution is 6.31. The van der Waals surface area contributed by atoms with Crippen molar-refractivity contribution in [3.63, 3.8) is 0 Å². The van der Waals surface area contributed by atoms with Gasteiger partial charge >= 0.3 is 0 Å². The van der Waals surface area contributed by atoms with Gasteiger partial charge in [0, 0.05) is 21.7 Å². The number of hydrogen-bond donors (Lipinski definition) is 1. The Balaban J connectivity index is 2.60. The van der Waals surface area contributed by atoms with Crippen LogP contribution in [0.3, 0.4) is 0 Å². The molecular formula is C13H8Cl2NO. The molecule has 2 nitrogen and oxygen atoms in total. The van der Waals surface area contributed by atoms with E-state index >= 15 is 0 Å². The summed E-state index contributed by atoms with van der Waals surface area (Å²) in [7, 11) is 0. The molecule has 0 heterocycles. The molecule has 1 radical (unpaired) electrons. The summed E-state index contributed by atoms with van der Waals surface area (Å²) in [5.74, 6) is -0.511. The summed E-state index contributed by atoms with van der Waals surface area (Å²) in [6.45, 7) is 0. The molecule has 0 saturated heterocycles. The summed E-state index contributed by atoms with van der Waals surface area (Å²) in [5.41, 5.74) is 7.20. The average molecular weight is 265 g/mol. The second-order valence-corrected chi connectivity index (χ2v) is 4.32. The fourth-order valence-corrected chi connectivity index (χ4v) is 1.83. The highest BCUT2D eigenvalue weighted by Gasteiger charge is 2.10. The standard InChI is InChI=1S/C13H8Cl2NO/c14-9-3-1-8(2-4-9)12-7-10(15)5-6-11(12)13(16)17/h1-4,6-7H,(H2,16,17).